The summed E-state index contributed by atoms with van der Waals surface area (Å²) in [4.78, 5) is 20.5. The van der Waals surface area contributed by atoms with Crippen molar-refractivity contribution in [3.8, 4) is 0 Å². The highest BCUT2D eigenvalue weighted by molar-refractivity contribution is 5.51. The molecule has 0 radical (unpaired) electrons. The number of carbonyl (C=O) groups excluding carboxylic acids is 1. The van der Waals surface area contributed by atoms with Gasteiger partial charge in [-0.15, -0.1) is 0 Å². The van der Waals surface area contributed by atoms with E-state index in [9.17, 15) is 14.9 Å². The molecule has 1 aromatic heterocycles. The molecule has 0 spiro atoms. The fourth-order valence-electron chi connectivity index (χ4n) is 1.30. The molecule has 1 heterocycles. The molecule has 0 saturated carbocycles. The van der Waals surface area contributed by atoms with Crippen LogP contribution in [-0.4, -0.2) is 17.3 Å². The molecule has 2 atom stereocenters. The SMILES string of the molecule is C[C@H]([C@@H](CC=O)c1ccco1)[N+](=O)[O-]. The Labute approximate surface area is 80.9 Å². The van der Waals surface area contributed by atoms with Gasteiger partial charge >= 0.3 is 0 Å². The Morgan fingerprint density at radius 2 is 2.43 bits per heavy atom. The van der Waals surface area contributed by atoms with Gasteiger partial charge in [0.2, 0.25) is 6.04 Å². The van der Waals surface area contributed by atoms with Gasteiger partial charge in [0.15, 0.2) is 0 Å². The van der Waals surface area contributed by atoms with Gasteiger partial charge in [-0.25, -0.2) is 0 Å². The van der Waals surface area contributed by atoms with E-state index in [1.54, 1.807) is 12.1 Å². The molecule has 0 aliphatic rings. The van der Waals surface area contributed by atoms with Gasteiger partial charge in [0, 0.05) is 18.3 Å². The van der Waals surface area contributed by atoms with E-state index in [1.807, 2.05) is 0 Å². The van der Waals surface area contributed by atoms with Gasteiger partial charge < -0.3 is 9.21 Å². The number of nitro groups is 1. The second kappa shape index (κ2) is 4.55. The molecular formula is C9H11NO4. The summed E-state index contributed by atoms with van der Waals surface area (Å²) in [7, 11) is 0. The molecule has 76 valence electrons. The fourth-order valence-corrected chi connectivity index (χ4v) is 1.30. The van der Waals surface area contributed by atoms with Crippen molar-refractivity contribution in [1.29, 1.82) is 0 Å². The van der Waals surface area contributed by atoms with E-state index in [0.717, 1.165) is 0 Å². The highest BCUT2D eigenvalue weighted by Crippen LogP contribution is 2.24. The molecule has 14 heavy (non-hydrogen) atoms. The number of aldehydes is 1. The van der Waals surface area contributed by atoms with Gasteiger partial charge in [-0.1, -0.05) is 0 Å². The Balaban J connectivity index is 2.84. The molecule has 0 unspecified atom stereocenters. The molecule has 0 bridgehead atoms. The molecular weight excluding hydrogens is 186 g/mol. The van der Waals surface area contributed by atoms with Crippen LogP contribution in [0.15, 0.2) is 22.8 Å². The van der Waals surface area contributed by atoms with Crippen LogP contribution in [0.1, 0.15) is 25.0 Å². The second-order valence-electron chi connectivity index (χ2n) is 3.05. The van der Waals surface area contributed by atoms with Gasteiger partial charge in [0.05, 0.1) is 12.2 Å². The standard InChI is InChI=1S/C9H11NO4/c1-7(10(12)13)8(4-5-11)9-3-2-6-14-9/h2-3,5-8H,4H2,1H3/t7-,8-/m1/s1. The maximum absolute atomic E-state index is 10.6. The van der Waals surface area contributed by atoms with Gasteiger partial charge in [-0.05, 0) is 12.1 Å². The average molecular weight is 197 g/mol. The van der Waals surface area contributed by atoms with Crippen molar-refractivity contribution in [1.82, 2.24) is 0 Å². The third kappa shape index (κ3) is 2.18. The molecule has 0 saturated heterocycles. The van der Waals surface area contributed by atoms with Gasteiger partial charge in [-0.2, -0.15) is 0 Å². The number of rotatable bonds is 5. The Morgan fingerprint density at radius 3 is 2.86 bits per heavy atom. The van der Waals surface area contributed by atoms with Crippen LogP contribution >= 0.6 is 0 Å². The topological polar surface area (TPSA) is 73.3 Å². The highest BCUT2D eigenvalue weighted by atomic mass is 16.6. The number of carbonyl (C=O) groups is 1. The summed E-state index contributed by atoms with van der Waals surface area (Å²) in [6.07, 6.45) is 2.22. The zero-order chi connectivity index (χ0) is 10.6. The zero-order valence-corrected chi connectivity index (χ0v) is 7.75. The maximum Gasteiger partial charge on any atom is 0.220 e. The Kier molecular flexibility index (Phi) is 3.39. The van der Waals surface area contributed by atoms with Crippen molar-refractivity contribution in [2.45, 2.75) is 25.3 Å². The molecule has 0 N–H and O–H groups in total. The van der Waals surface area contributed by atoms with Gasteiger partial charge in [0.25, 0.3) is 0 Å². The third-order valence-corrected chi connectivity index (χ3v) is 2.17. The first-order valence-electron chi connectivity index (χ1n) is 4.27. The minimum atomic E-state index is -0.814. The van der Waals surface area contributed by atoms with E-state index in [0.29, 0.717) is 12.0 Å². The lowest BCUT2D eigenvalue weighted by Crippen LogP contribution is -2.24. The van der Waals surface area contributed by atoms with E-state index >= 15 is 0 Å². The number of hydrogen-bond acceptors (Lipinski definition) is 4. The van der Waals surface area contributed by atoms with Gasteiger partial charge in [0.1, 0.15) is 12.0 Å². The number of hydrogen-bond donors (Lipinski definition) is 0. The molecule has 5 heteroatoms. The Bertz CT molecular complexity index is 307. The lowest BCUT2D eigenvalue weighted by Gasteiger charge is -2.12. The van der Waals surface area contributed by atoms with Crippen molar-refractivity contribution in [2.24, 2.45) is 0 Å². The Morgan fingerprint density at radius 1 is 1.71 bits per heavy atom. The zero-order valence-electron chi connectivity index (χ0n) is 7.75. The van der Waals surface area contributed by atoms with Crippen LogP contribution in [0.4, 0.5) is 0 Å². The number of furan rings is 1. The van der Waals surface area contributed by atoms with Crippen molar-refractivity contribution < 1.29 is 14.1 Å². The minimum absolute atomic E-state index is 0.107. The van der Waals surface area contributed by atoms with Crippen LogP contribution in [-0.2, 0) is 4.79 Å². The number of nitrogens with zero attached hydrogens (tertiary/aromatic N) is 1. The van der Waals surface area contributed by atoms with Crippen LogP contribution in [0.3, 0.4) is 0 Å². The molecule has 1 aromatic rings. The summed E-state index contributed by atoms with van der Waals surface area (Å²) in [6.45, 7) is 1.47. The first-order chi connectivity index (χ1) is 6.66. The van der Waals surface area contributed by atoms with Crippen molar-refractivity contribution in [3.05, 3.63) is 34.3 Å². The maximum atomic E-state index is 10.6. The molecule has 0 aliphatic heterocycles. The van der Waals surface area contributed by atoms with E-state index in [1.165, 1.54) is 13.2 Å². The largest absolute Gasteiger partial charge is 0.469 e. The molecule has 0 amide bonds. The summed E-state index contributed by atoms with van der Waals surface area (Å²) in [5.41, 5.74) is 0. The molecule has 0 fully saturated rings. The summed E-state index contributed by atoms with van der Waals surface area (Å²) in [5, 5.41) is 10.6. The van der Waals surface area contributed by atoms with Crippen LogP contribution in [0.5, 0.6) is 0 Å². The van der Waals surface area contributed by atoms with Crippen LogP contribution in [0.25, 0.3) is 0 Å². The molecule has 5 nitrogen and oxygen atoms in total. The predicted molar refractivity (Wildman–Crippen MR) is 48.6 cm³/mol. The monoisotopic (exact) mass is 197 g/mol. The van der Waals surface area contributed by atoms with Crippen LogP contribution < -0.4 is 0 Å². The summed E-state index contributed by atoms with van der Waals surface area (Å²) >= 11 is 0. The van der Waals surface area contributed by atoms with Crippen molar-refractivity contribution in [2.75, 3.05) is 0 Å². The van der Waals surface area contributed by atoms with E-state index in [-0.39, 0.29) is 6.42 Å². The van der Waals surface area contributed by atoms with E-state index in [2.05, 4.69) is 0 Å². The predicted octanol–water partition coefficient (Wildman–Crippen LogP) is 1.62. The highest BCUT2D eigenvalue weighted by Gasteiger charge is 2.29. The lowest BCUT2D eigenvalue weighted by molar-refractivity contribution is -0.522. The average Bonchev–Trinajstić information content (AvgIpc) is 2.65. The van der Waals surface area contributed by atoms with E-state index in [4.69, 9.17) is 4.42 Å². The normalized spacial score (nSPS) is 14.6. The first-order valence-corrected chi connectivity index (χ1v) is 4.27. The smallest absolute Gasteiger partial charge is 0.220 e. The Hall–Kier alpha value is -1.65. The molecule has 0 aromatic carbocycles. The van der Waals surface area contributed by atoms with Crippen molar-refractivity contribution in [3.63, 3.8) is 0 Å². The molecule has 1 rings (SSSR count). The van der Waals surface area contributed by atoms with Crippen molar-refractivity contribution >= 4 is 6.29 Å². The summed E-state index contributed by atoms with van der Waals surface area (Å²) in [5.74, 6) is 0.0128. The van der Waals surface area contributed by atoms with Crippen LogP contribution in [0, 0.1) is 10.1 Å². The molecule has 0 aliphatic carbocycles. The second-order valence-corrected chi connectivity index (χ2v) is 3.05. The van der Waals surface area contributed by atoms with Crippen LogP contribution in [0.2, 0.25) is 0 Å². The quantitative estimate of drug-likeness (QED) is 0.408. The fraction of sp³-hybridized carbons (Fsp3) is 0.444. The minimum Gasteiger partial charge on any atom is -0.469 e. The first kappa shape index (κ1) is 10.4. The third-order valence-electron chi connectivity index (χ3n) is 2.17. The van der Waals surface area contributed by atoms with Gasteiger partial charge in [-0.3, -0.25) is 10.1 Å². The van der Waals surface area contributed by atoms with E-state index < -0.39 is 16.9 Å². The lowest BCUT2D eigenvalue weighted by atomic mass is 9.96. The summed E-state index contributed by atoms with van der Waals surface area (Å²) < 4.78 is 5.06. The summed E-state index contributed by atoms with van der Waals surface area (Å²) in [6, 6.07) is 2.49.